The quantitative estimate of drug-likeness (QED) is 0.314. The highest BCUT2D eigenvalue weighted by molar-refractivity contribution is 5.92. The number of anilines is 3. The van der Waals surface area contributed by atoms with Crippen LogP contribution < -0.4 is 16.4 Å². The number of carbonyl (C=O) groups is 2. The molecule has 0 aliphatic rings. The summed E-state index contributed by atoms with van der Waals surface area (Å²) in [6.45, 7) is 0. The molecule has 0 unspecified atom stereocenters. The van der Waals surface area contributed by atoms with Crippen LogP contribution in [0, 0.1) is 0 Å². The van der Waals surface area contributed by atoms with Crippen molar-refractivity contribution in [2.24, 2.45) is 0 Å². The van der Waals surface area contributed by atoms with Crippen molar-refractivity contribution in [3.8, 4) is 11.3 Å². The van der Waals surface area contributed by atoms with Gasteiger partial charge in [-0.15, -0.1) is 0 Å². The van der Waals surface area contributed by atoms with Crippen LogP contribution in [-0.4, -0.2) is 22.0 Å². The zero-order valence-electron chi connectivity index (χ0n) is 16.6. The number of H-pyrrole nitrogens is 1. The summed E-state index contributed by atoms with van der Waals surface area (Å²) in [5, 5.41) is 12.6. The van der Waals surface area contributed by atoms with Gasteiger partial charge in [-0.25, -0.2) is 0 Å². The molecule has 30 heavy (non-hydrogen) atoms. The Bertz CT molecular complexity index is 1010. The van der Waals surface area contributed by atoms with Crippen LogP contribution in [0.25, 0.3) is 11.3 Å². The van der Waals surface area contributed by atoms with Crippen molar-refractivity contribution in [3.63, 3.8) is 0 Å². The fourth-order valence-corrected chi connectivity index (χ4v) is 2.91. The van der Waals surface area contributed by atoms with E-state index < -0.39 is 0 Å². The number of carbonyl (C=O) groups excluding carboxylic acids is 2. The van der Waals surface area contributed by atoms with Crippen LogP contribution in [0.5, 0.6) is 0 Å². The monoisotopic (exact) mass is 403 g/mol. The topological polar surface area (TPSA) is 113 Å². The number of nitrogen functional groups attached to an aromatic ring is 1. The van der Waals surface area contributed by atoms with Gasteiger partial charge in [0.1, 0.15) is 0 Å². The Balaban J connectivity index is 1.35. The fourth-order valence-electron chi connectivity index (χ4n) is 2.91. The molecule has 0 bridgehead atoms. The smallest absolute Gasteiger partial charge is 0.224 e. The average molecular weight is 403 g/mol. The molecule has 3 rings (SSSR count). The Morgan fingerprint density at radius 1 is 0.900 bits per heavy atom. The molecule has 0 saturated carbocycles. The Labute approximate surface area is 175 Å². The third kappa shape index (κ3) is 6.63. The number of nitrogens with one attached hydrogen (secondary N) is 3. The molecule has 0 aliphatic carbocycles. The molecule has 0 aliphatic heterocycles. The van der Waals surface area contributed by atoms with Gasteiger partial charge in [-0.3, -0.25) is 14.7 Å². The van der Waals surface area contributed by atoms with Gasteiger partial charge in [-0.1, -0.05) is 30.4 Å². The van der Waals surface area contributed by atoms with Gasteiger partial charge in [-0.2, -0.15) is 5.10 Å². The van der Waals surface area contributed by atoms with E-state index in [4.69, 9.17) is 5.73 Å². The molecule has 154 valence electrons. The minimum Gasteiger partial charge on any atom is -0.399 e. The van der Waals surface area contributed by atoms with Crippen molar-refractivity contribution in [1.82, 2.24) is 10.2 Å². The second kappa shape index (κ2) is 10.6. The van der Waals surface area contributed by atoms with Crippen molar-refractivity contribution < 1.29 is 9.59 Å². The number of benzene rings is 2. The van der Waals surface area contributed by atoms with E-state index in [9.17, 15) is 9.59 Å². The van der Waals surface area contributed by atoms with Gasteiger partial charge in [-0.05, 0) is 49.2 Å². The third-order valence-electron chi connectivity index (χ3n) is 4.37. The van der Waals surface area contributed by atoms with Gasteiger partial charge >= 0.3 is 0 Å². The zero-order chi connectivity index (χ0) is 21.2. The van der Waals surface area contributed by atoms with E-state index in [2.05, 4.69) is 20.8 Å². The summed E-state index contributed by atoms with van der Waals surface area (Å²) < 4.78 is 0. The van der Waals surface area contributed by atoms with Gasteiger partial charge in [0, 0.05) is 41.7 Å². The lowest BCUT2D eigenvalue weighted by atomic mass is 10.1. The van der Waals surface area contributed by atoms with E-state index in [0.29, 0.717) is 37.1 Å². The maximum atomic E-state index is 12.1. The number of aromatic amines is 1. The van der Waals surface area contributed by atoms with Crippen molar-refractivity contribution >= 4 is 28.9 Å². The first-order valence-electron chi connectivity index (χ1n) is 9.80. The molecule has 0 atom stereocenters. The van der Waals surface area contributed by atoms with E-state index >= 15 is 0 Å². The molecule has 0 radical (unpaired) electrons. The van der Waals surface area contributed by atoms with Crippen molar-refractivity contribution in [1.29, 1.82) is 0 Å². The van der Waals surface area contributed by atoms with Crippen LogP contribution >= 0.6 is 0 Å². The lowest BCUT2D eigenvalue weighted by molar-refractivity contribution is -0.117. The van der Waals surface area contributed by atoms with Gasteiger partial charge in [0.15, 0.2) is 0 Å². The summed E-state index contributed by atoms with van der Waals surface area (Å²) in [5.74, 6) is -0.124. The minimum absolute atomic E-state index is 0.0548. The number of allylic oxidation sites excluding steroid dienone is 2. The molecule has 5 N–H and O–H groups in total. The van der Waals surface area contributed by atoms with E-state index in [1.165, 1.54) is 0 Å². The molecule has 1 aromatic heterocycles. The largest absolute Gasteiger partial charge is 0.399 e. The van der Waals surface area contributed by atoms with E-state index in [1.54, 1.807) is 30.5 Å². The second-order valence-corrected chi connectivity index (χ2v) is 6.82. The first-order chi connectivity index (χ1) is 14.6. The molecule has 1 heterocycles. The molecule has 0 spiro atoms. The molecule has 2 aromatic carbocycles. The first-order valence-corrected chi connectivity index (χ1v) is 9.80. The van der Waals surface area contributed by atoms with Gasteiger partial charge in [0.05, 0.1) is 5.69 Å². The Morgan fingerprint density at radius 2 is 1.53 bits per heavy atom. The van der Waals surface area contributed by atoms with Crippen LogP contribution in [0.4, 0.5) is 17.1 Å². The average Bonchev–Trinajstić information content (AvgIpc) is 3.26. The predicted octanol–water partition coefficient (Wildman–Crippen LogP) is 4.35. The number of rotatable bonds is 9. The number of nitrogens with zero attached hydrogens (tertiary/aromatic N) is 1. The van der Waals surface area contributed by atoms with Crippen molar-refractivity contribution in [2.75, 3.05) is 16.4 Å². The summed E-state index contributed by atoms with van der Waals surface area (Å²) in [6, 6.07) is 16.6. The van der Waals surface area contributed by atoms with Gasteiger partial charge < -0.3 is 16.4 Å². The maximum absolute atomic E-state index is 12.1. The SMILES string of the molecule is Nc1cccc(NC(=O)CC/C=C\CCC(=O)Nc2cccc(-c3ccn[nH]3)c2)c1. The van der Waals surface area contributed by atoms with Gasteiger partial charge in [0.25, 0.3) is 0 Å². The highest BCUT2D eigenvalue weighted by atomic mass is 16.2. The summed E-state index contributed by atoms with van der Waals surface area (Å²) in [7, 11) is 0. The highest BCUT2D eigenvalue weighted by Crippen LogP contribution is 2.20. The molecule has 7 heteroatoms. The molecule has 2 amide bonds. The third-order valence-corrected chi connectivity index (χ3v) is 4.37. The number of aromatic nitrogens is 2. The lowest BCUT2D eigenvalue weighted by Gasteiger charge is -2.06. The maximum Gasteiger partial charge on any atom is 0.224 e. The normalized spacial score (nSPS) is 10.8. The zero-order valence-corrected chi connectivity index (χ0v) is 16.6. The standard InChI is InChI=1S/C23H25N5O2/c24-18-8-6-10-20(16-18)27-23(30)12-4-2-1-3-11-22(29)26-19-9-5-7-17(15-19)21-13-14-25-28-21/h1-2,5-10,13-16H,3-4,11-12,24H2,(H,25,28)(H,26,29)(H,27,30)/b2-1-. The summed E-state index contributed by atoms with van der Waals surface area (Å²) in [5.41, 5.74) is 9.60. The van der Waals surface area contributed by atoms with Gasteiger partial charge in [0.2, 0.25) is 11.8 Å². The van der Waals surface area contributed by atoms with Crippen LogP contribution in [0.2, 0.25) is 0 Å². The van der Waals surface area contributed by atoms with Crippen LogP contribution in [-0.2, 0) is 9.59 Å². The second-order valence-electron chi connectivity index (χ2n) is 6.82. The molecule has 7 nitrogen and oxygen atoms in total. The van der Waals surface area contributed by atoms with Crippen LogP contribution in [0.3, 0.4) is 0 Å². The van der Waals surface area contributed by atoms with E-state index in [-0.39, 0.29) is 11.8 Å². The number of amides is 2. The number of nitrogens with two attached hydrogens (primary N) is 1. The minimum atomic E-state index is -0.0693. The van der Waals surface area contributed by atoms with Crippen LogP contribution in [0.1, 0.15) is 25.7 Å². The lowest BCUT2D eigenvalue weighted by Crippen LogP contribution is -2.11. The molecular formula is C23H25N5O2. The Kier molecular flexibility index (Phi) is 7.38. The number of hydrogen-bond donors (Lipinski definition) is 4. The fraction of sp³-hybridized carbons (Fsp3) is 0.174. The predicted molar refractivity (Wildman–Crippen MR) is 120 cm³/mol. The summed E-state index contributed by atoms with van der Waals surface area (Å²) in [6.07, 6.45) is 7.51. The molecule has 0 saturated heterocycles. The number of hydrogen-bond acceptors (Lipinski definition) is 4. The van der Waals surface area contributed by atoms with E-state index in [1.807, 2.05) is 42.5 Å². The van der Waals surface area contributed by atoms with Crippen molar-refractivity contribution in [2.45, 2.75) is 25.7 Å². The molecular weight excluding hydrogens is 378 g/mol. The molecule has 3 aromatic rings. The highest BCUT2D eigenvalue weighted by Gasteiger charge is 2.04. The van der Waals surface area contributed by atoms with E-state index in [0.717, 1.165) is 16.9 Å². The Hall–Kier alpha value is -3.87. The van der Waals surface area contributed by atoms with Crippen LogP contribution in [0.15, 0.2) is 72.9 Å². The Morgan fingerprint density at radius 3 is 2.13 bits per heavy atom. The first kappa shape index (κ1) is 20.9. The summed E-state index contributed by atoms with van der Waals surface area (Å²) >= 11 is 0. The molecule has 0 fully saturated rings. The summed E-state index contributed by atoms with van der Waals surface area (Å²) in [4.78, 5) is 24.1. The van der Waals surface area contributed by atoms with Crippen molar-refractivity contribution in [3.05, 3.63) is 72.9 Å².